The second-order valence-electron chi connectivity index (χ2n) is 3.19. The molecule has 2 rings (SSSR count). The summed E-state index contributed by atoms with van der Waals surface area (Å²) in [4.78, 5) is 0. The third kappa shape index (κ3) is 3.95. The molecule has 0 aromatic rings. The van der Waals surface area contributed by atoms with Crippen LogP contribution in [0.5, 0.6) is 0 Å². The Kier molecular flexibility index (Phi) is 8.14. The molecular formula is C11H26N2O. The fourth-order valence-electron chi connectivity index (χ4n) is 1.54. The van der Waals surface area contributed by atoms with Gasteiger partial charge in [0.2, 0.25) is 0 Å². The molecule has 86 valence electrons. The van der Waals surface area contributed by atoms with Crippen LogP contribution in [0.4, 0.5) is 0 Å². The molecule has 0 bridgehead atoms. The first-order chi connectivity index (χ1) is 6.91. The van der Waals surface area contributed by atoms with Crippen LogP contribution in [0.2, 0.25) is 0 Å². The second kappa shape index (κ2) is 8.21. The summed E-state index contributed by atoms with van der Waals surface area (Å²) in [5.41, 5.74) is 0.302. The minimum absolute atomic E-state index is 0.302. The number of hydrogen-bond donors (Lipinski definition) is 2. The fourth-order valence-corrected chi connectivity index (χ4v) is 1.54. The molecule has 2 fully saturated rings. The molecule has 0 radical (unpaired) electrons. The average molecular weight is 202 g/mol. The maximum atomic E-state index is 5.43. The monoisotopic (exact) mass is 202 g/mol. The van der Waals surface area contributed by atoms with Crippen molar-refractivity contribution in [3.8, 4) is 0 Å². The Morgan fingerprint density at radius 3 is 2.21 bits per heavy atom. The predicted octanol–water partition coefficient (Wildman–Crippen LogP) is 1.39. The van der Waals surface area contributed by atoms with E-state index in [1.54, 1.807) is 0 Å². The molecule has 3 heteroatoms. The van der Waals surface area contributed by atoms with Gasteiger partial charge < -0.3 is 15.4 Å². The van der Waals surface area contributed by atoms with Crippen molar-refractivity contribution < 1.29 is 4.74 Å². The lowest BCUT2D eigenvalue weighted by Crippen LogP contribution is -2.63. The zero-order valence-electron chi connectivity index (χ0n) is 10.2. The van der Waals surface area contributed by atoms with Crippen molar-refractivity contribution in [2.75, 3.05) is 32.8 Å². The second-order valence-corrected chi connectivity index (χ2v) is 3.19. The smallest absolute Gasteiger partial charge is 0.0661 e. The lowest BCUT2D eigenvalue weighted by atomic mass is 9.89. The van der Waals surface area contributed by atoms with Gasteiger partial charge in [-0.3, -0.25) is 0 Å². The zero-order chi connectivity index (χ0) is 10.9. The molecule has 14 heavy (non-hydrogen) atoms. The van der Waals surface area contributed by atoms with Crippen LogP contribution in [-0.2, 0) is 4.74 Å². The highest BCUT2D eigenvalue weighted by Crippen LogP contribution is 2.19. The van der Waals surface area contributed by atoms with Gasteiger partial charge in [-0.25, -0.2) is 0 Å². The van der Waals surface area contributed by atoms with E-state index in [0.29, 0.717) is 5.54 Å². The van der Waals surface area contributed by atoms with E-state index >= 15 is 0 Å². The maximum Gasteiger partial charge on any atom is 0.0661 e. The molecule has 1 atom stereocenters. The Labute approximate surface area is 88.6 Å². The molecule has 1 unspecified atom stereocenters. The average Bonchev–Trinajstić information content (AvgIpc) is 2.48. The van der Waals surface area contributed by atoms with E-state index in [9.17, 15) is 0 Å². The van der Waals surface area contributed by atoms with Gasteiger partial charge in [-0.05, 0) is 13.0 Å². The molecule has 2 aliphatic rings. The molecular weight excluding hydrogens is 176 g/mol. The SMILES string of the molecule is C1COCC2(CCN2)CN1.CC.CC. The van der Waals surface area contributed by atoms with Gasteiger partial charge in [-0.1, -0.05) is 27.7 Å². The zero-order valence-corrected chi connectivity index (χ0v) is 10.2. The van der Waals surface area contributed by atoms with Crippen LogP contribution < -0.4 is 10.6 Å². The van der Waals surface area contributed by atoms with Gasteiger partial charge in [0.25, 0.3) is 0 Å². The highest BCUT2D eigenvalue weighted by molar-refractivity contribution is 4.99. The Bertz CT molecular complexity index is 114. The van der Waals surface area contributed by atoms with Crippen LogP contribution in [0.25, 0.3) is 0 Å². The summed E-state index contributed by atoms with van der Waals surface area (Å²) in [7, 11) is 0. The minimum atomic E-state index is 0.302. The molecule has 0 aliphatic carbocycles. The Morgan fingerprint density at radius 1 is 1.07 bits per heavy atom. The number of ether oxygens (including phenoxy) is 1. The summed E-state index contributed by atoms with van der Waals surface area (Å²) in [6.45, 7) is 13.0. The topological polar surface area (TPSA) is 33.3 Å². The van der Waals surface area contributed by atoms with Gasteiger partial charge in [-0.15, -0.1) is 0 Å². The lowest BCUT2D eigenvalue weighted by molar-refractivity contribution is 0.0590. The summed E-state index contributed by atoms with van der Waals surface area (Å²) in [5, 5.41) is 6.77. The third-order valence-corrected chi connectivity index (χ3v) is 2.37. The third-order valence-electron chi connectivity index (χ3n) is 2.37. The summed E-state index contributed by atoms with van der Waals surface area (Å²) < 4.78 is 5.43. The summed E-state index contributed by atoms with van der Waals surface area (Å²) in [6.07, 6.45) is 1.26. The number of hydrogen-bond acceptors (Lipinski definition) is 3. The molecule has 2 aliphatic heterocycles. The van der Waals surface area contributed by atoms with Gasteiger partial charge in [0, 0.05) is 13.1 Å². The molecule has 0 aromatic heterocycles. The molecule has 1 spiro atoms. The molecule has 0 amide bonds. The van der Waals surface area contributed by atoms with E-state index in [-0.39, 0.29) is 0 Å². The fraction of sp³-hybridized carbons (Fsp3) is 1.00. The first kappa shape index (κ1) is 13.9. The van der Waals surface area contributed by atoms with E-state index < -0.39 is 0 Å². The van der Waals surface area contributed by atoms with Gasteiger partial charge in [-0.2, -0.15) is 0 Å². The number of rotatable bonds is 0. The first-order valence-corrected chi connectivity index (χ1v) is 5.95. The Morgan fingerprint density at radius 2 is 1.71 bits per heavy atom. The van der Waals surface area contributed by atoms with Gasteiger partial charge >= 0.3 is 0 Å². The van der Waals surface area contributed by atoms with E-state index in [0.717, 1.165) is 32.8 Å². The van der Waals surface area contributed by atoms with Crippen molar-refractivity contribution in [3.63, 3.8) is 0 Å². The lowest BCUT2D eigenvalue weighted by Gasteiger charge is -2.41. The van der Waals surface area contributed by atoms with Crippen LogP contribution >= 0.6 is 0 Å². The van der Waals surface area contributed by atoms with Crippen molar-refractivity contribution in [3.05, 3.63) is 0 Å². The van der Waals surface area contributed by atoms with E-state index in [1.807, 2.05) is 27.7 Å². The normalized spacial score (nSPS) is 30.0. The minimum Gasteiger partial charge on any atom is -0.378 e. The highest BCUT2D eigenvalue weighted by Gasteiger charge is 2.37. The van der Waals surface area contributed by atoms with Crippen LogP contribution in [0.1, 0.15) is 34.1 Å². The highest BCUT2D eigenvalue weighted by atomic mass is 16.5. The Hall–Kier alpha value is -0.120. The van der Waals surface area contributed by atoms with Gasteiger partial charge in [0.15, 0.2) is 0 Å². The van der Waals surface area contributed by atoms with Crippen molar-refractivity contribution >= 4 is 0 Å². The first-order valence-electron chi connectivity index (χ1n) is 5.95. The molecule has 2 heterocycles. The molecule has 3 nitrogen and oxygen atoms in total. The summed E-state index contributed by atoms with van der Waals surface area (Å²) >= 11 is 0. The maximum absolute atomic E-state index is 5.43. The summed E-state index contributed by atoms with van der Waals surface area (Å²) in [5.74, 6) is 0. The summed E-state index contributed by atoms with van der Waals surface area (Å²) in [6, 6.07) is 0. The Balaban J connectivity index is 0.000000379. The van der Waals surface area contributed by atoms with Crippen LogP contribution in [0.15, 0.2) is 0 Å². The number of nitrogens with one attached hydrogen (secondary N) is 2. The van der Waals surface area contributed by atoms with Crippen LogP contribution in [0.3, 0.4) is 0 Å². The molecule has 0 saturated carbocycles. The largest absolute Gasteiger partial charge is 0.378 e. The molecule has 2 saturated heterocycles. The van der Waals surface area contributed by atoms with Gasteiger partial charge in [0.1, 0.15) is 0 Å². The van der Waals surface area contributed by atoms with Crippen molar-refractivity contribution in [1.82, 2.24) is 10.6 Å². The van der Waals surface area contributed by atoms with E-state index in [4.69, 9.17) is 4.74 Å². The van der Waals surface area contributed by atoms with Crippen LogP contribution in [0, 0.1) is 0 Å². The van der Waals surface area contributed by atoms with E-state index in [2.05, 4.69) is 10.6 Å². The predicted molar refractivity (Wildman–Crippen MR) is 61.7 cm³/mol. The quantitative estimate of drug-likeness (QED) is 0.623. The van der Waals surface area contributed by atoms with Crippen molar-refractivity contribution in [1.29, 1.82) is 0 Å². The van der Waals surface area contributed by atoms with Crippen molar-refractivity contribution in [2.45, 2.75) is 39.7 Å². The molecule has 0 aromatic carbocycles. The standard InChI is InChI=1S/C7H14N2O.2C2H6/c1-2-9-7(1)5-8-3-4-10-6-7;2*1-2/h8-9H,1-6H2;2*1-2H3. The van der Waals surface area contributed by atoms with Crippen molar-refractivity contribution in [2.24, 2.45) is 0 Å². The van der Waals surface area contributed by atoms with E-state index in [1.165, 1.54) is 6.42 Å². The molecule has 2 N–H and O–H groups in total. The van der Waals surface area contributed by atoms with Gasteiger partial charge in [0.05, 0.1) is 18.8 Å². The van der Waals surface area contributed by atoms with Crippen LogP contribution in [-0.4, -0.2) is 38.4 Å².